The molecule has 0 fully saturated rings. The molecule has 9 nitrogen and oxygen atoms in total. The number of nitrogens with one attached hydrogen (secondary N) is 1. The van der Waals surface area contributed by atoms with E-state index in [1.165, 1.54) is 122 Å². The zero-order valence-corrected chi connectivity index (χ0v) is 49.7. The normalized spacial score (nSPS) is 14.3. The first-order valence-corrected chi connectivity index (χ1v) is 31.9. The van der Waals surface area contributed by atoms with E-state index in [4.69, 9.17) is 13.8 Å². The van der Waals surface area contributed by atoms with Gasteiger partial charge in [-0.25, -0.2) is 4.57 Å². The van der Waals surface area contributed by atoms with Crippen LogP contribution in [0.5, 0.6) is 0 Å². The van der Waals surface area contributed by atoms with Gasteiger partial charge in [-0.2, -0.15) is 0 Å². The summed E-state index contributed by atoms with van der Waals surface area (Å²) in [6.07, 6.45) is 70.0. The highest BCUT2D eigenvalue weighted by atomic mass is 31.2. The smallest absolute Gasteiger partial charge is 0.456 e. The van der Waals surface area contributed by atoms with Gasteiger partial charge in [-0.1, -0.05) is 222 Å². The summed E-state index contributed by atoms with van der Waals surface area (Å²) in [6, 6.07) is -0.872. The minimum atomic E-state index is -4.46. The third kappa shape index (κ3) is 54.0. The van der Waals surface area contributed by atoms with Crippen LogP contribution in [-0.4, -0.2) is 74.3 Å². The Morgan fingerprint density at radius 3 is 1.27 bits per heavy atom. The Morgan fingerprint density at radius 2 is 0.824 bits per heavy atom. The van der Waals surface area contributed by atoms with Crippen LogP contribution in [0.4, 0.5) is 0 Å². The Bertz CT molecular complexity index is 1540. The molecule has 0 aromatic heterocycles. The van der Waals surface area contributed by atoms with Crippen LogP contribution in [0.2, 0.25) is 0 Å². The highest BCUT2D eigenvalue weighted by Crippen LogP contribution is 2.43. The minimum absolute atomic E-state index is 0.0290. The molecule has 0 aliphatic heterocycles. The highest BCUT2D eigenvalue weighted by molar-refractivity contribution is 7.47. The molecular formula is C64H116N2O7P+. The number of allylic oxidation sites excluding steroid dienone is 13. The van der Waals surface area contributed by atoms with Crippen molar-refractivity contribution in [3.05, 3.63) is 85.1 Å². The van der Waals surface area contributed by atoms with E-state index in [0.29, 0.717) is 23.9 Å². The lowest BCUT2D eigenvalue weighted by Gasteiger charge is -2.27. The fraction of sp³-hybridized carbons (Fsp3) is 0.750. The zero-order chi connectivity index (χ0) is 54.3. The fourth-order valence-corrected chi connectivity index (χ4v) is 9.04. The Labute approximate surface area is 456 Å². The summed E-state index contributed by atoms with van der Waals surface area (Å²) in [5.74, 6) is -0.552. The molecule has 0 aliphatic rings. The van der Waals surface area contributed by atoms with E-state index in [1.807, 2.05) is 33.3 Å². The molecular weight excluding hydrogens is 940 g/mol. The first kappa shape index (κ1) is 71.2. The van der Waals surface area contributed by atoms with Crippen molar-refractivity contribution in [3.63, 3.8) is 0 Å². The van der Waals surface area contributed by atoms with E-state index >= 15 is 0 Å². The second kappa shape index (κ2) is 53.6. The number of unbranched alkanes of at least 4 members (excludes halogenated alkanes) is 26. The molecule has 74 heavy (non-hydrogen) atoms. The molecule has 0 saturated carbocycles. The predicted octanol–water partition coefficient (Wildman–Crippen LogP) is 18.6. The van der Waals surface area contributed by atoms with Gasteiger partial charge in [-0.05, 0) is 109 Å². The third-order valence-electron chi connectivity index (χ3n) is 13.1. The van der Waals surface area contributed by atoms with Gasteiger partial charge >= 0.3 is 13.8 Å². The lowest BCUT2D eigenvalue weighted by Crippen LogP contribution is -2.47. The minimum Gasteiger partial charge on any atom is -0.456 e. The van der Waals surface area contributed by atoms with Crippen LogP contribution in [0, 0.1) is 0 Å². The number of carbonyl (C=O) groups is 2. The topological polar surface area (TPSA) is 111 Å². The highest BCUT2D eigenvalue weighted by Gasteiger charge is 2.30. The molecule has 1 amide bonds. The summed E-state index contributed by atoms with van der Waals surface area (Å²) in [4.78, 5) is 37.7. The van der Waals surface area contributed by atoms with Crippen LogP contribution in [-0.2, 0) is 27.9 Å². The quantitative estimate of drug-likeness (QED) is 0.0205. The van der Waals surface area contributed by atoms with E-state index < -0.39 is 20.0 Å². The van der Waals surface area contributed by atoms with Gasteiger partial charge in [0.1, 0.15) is 19.3 Å². The molecule has 0 aromatic rings. The summed E-state index contributed by atoms with van der Waals surface area (Å²) >= 11 is 0. The van der Waals surface area contributed by atoms with Gasteiger partial charge in [0.15, 0.2) is 0 Å². The summed E-state index contributed by atoms with van der Waals surface area (Å²) in [5, 5.41) is 3.03. The van der Waals surface area contributed by atoms with Gasteiger partial charge in [0.25, 0.3) is 0 Å². The van der Waals surface area contributed by atoms with Crippen molar-refractivity contribution < 1.29 is 37.3 Å². The molecule has 0 radical (unpaired) electrons. The van der Waals surface area contributed by atoms with E-state index in [2.05, 4.69) is 99.0 Å². The van der Waals surface area contributed by atoms with Crippen molar-refractivity contribution in [1.82, 2.24) is 5.32 Å². The lowest BCUT2D eigenvalue weighted by atomic mass is 10.0. The second-order valence-electron chi connectivity index (χ2n) is 21.5. The number of phosphoric acid groups is 1. The van der Waals surface area contributed by atoms with Gasteiger partial charge in [0.2, 0.25) is 5.91 Å². The molecule has 3 unspecified atom stereocenters. The summed E-state index contributed by atoms with van der Waals surface area (Å²) in [5.41, 5.74) is 0. The van der Waals surface area contributed by atoms with E-state index in [0.717, 1.165) is 96.3 Å². The molecule has 0 bridgehead atoms. The SMILES string of the molecule is CCCCC/C=C\C/C=C\C/C=C\C/C=C\CCCCCC(=O)NC(COP(=O)(O)OCC[N+](C)(C)C)C(/C=C/CCCCCCCCCCCC)OC(=O)CCCCCCCCC/C=C\C/C=C\CCCCC. The first-order chi connectivity index (χ1) is 35.9. The number of likely N-dealkylation sites (N-methyl/N-ethyl adjacent to an activating group) is 1. The maximum Gasteiger partial charge on any atom is 0.472 e. The molecule has 0 spiro atoms. The maximum atomic E-state index is 13.5. The number of phosphoric ester groups is 1. The van der Waals surface area contributed by atoms with Crippen molar-refractivity contribution in [2.24, 2.45) is 0 Å². The Hall–Kier alpha value is -2.81. The average molecular weight is 1060 g/mol. The van der Waals surface area contributed by atoms with Crippen LogP contribution < -0.4 is 5.32 Å². The van der Waals surface area contributed by atoms with Crippen molar-refractivity contribution >= 4 is 19.7 Å². The number of quaternary nitrogens is 1. The molecule has 10 heteroatoms. The number of amides is 1. The molecule has 428 valence electrons. The van der Waals surface area contributed by atoms with Crippen LogP contribution in [0.15, 0.2) is 85.1 Å². The molecule has 0 heterocycles. The van der Waals surface area contributed by atoms with Crippen LogP contribution in [0.1, 0.15) is 258 Å². The summed E-state index contributed by atoms with van der Waals surface area (Å²) in [7, 11) is 1.46. The molecule has 2 N–H and O–H groups in total. The number of hydrogen-bond donors (Lipinski definition) is 2. The number of hydrogen-bond acceptors (Lipinski definition) is 6. The summed E-state index contributed by atoms with van der Waals surface area (Å²) in [6.45, 7) is 6.92. The lowest BCUT2D eigenvalue weighted by molar-refractivity contribution is -0.870. The van der Waals surface area contributed by atoms with Crippen LogP contribution in [0.3, 0.4) is 0 Å². The van der Waals surface area contributed by atoms with E-state index in [9.17, 15) is 19.0 Å². The van der Waals surface area contributed by atoms with Crippen LogP contribution >= 0.6 is 7.82 Å². The zero-order valence-electron chi connectivity index (χ0n) is 48.8. The van der Waals surface area contributed by atoms with Gasteiger partial charge < -0.3 is 19.4 Å². The molecule has 0 aromatic carbocycles. The van der Waals surface area contributed by atoms with Crippen molar-refractivity contribution in [3.8, 4) is 0 Å². The van der Waals surface area contributed by atoms with Crippen molar-refractivity contribution in [2.75, 3.05) is 40.9 Å². The number of carbonyl (C=O) groups excluding carboxylic acids is 2. The van der Waals surface area contributed by atoms with E-state index in [1.54, 1.807) is 0 Å². The number of esters is 1. The number of nitrogens with zero attached hydrogens (tertiary/aromatic N) is 1. The van der Waals surface area contributed by atoms with E-state index in [-0.39, 0.29) is 31.5 Å². The van der Waals surface area contributed by atoms with Gasteiger partial charge in [-0.15, -0.1) is 0 Å². The number of rotatable bonds is 54. The Balaban J connectivity index is 5.37. The monoisotopic (exact) mass is 1060 g/mol. The Morgan fingerprint density at radius 1 is 0.473 bits per heavy atom. The average Bonchev–Trinajstić information content (AvgIpc) is 3.36. The molecule has 3 atom stereocenters. The largest absolute Gasteiger partial charge is 0.472 e. The second-order valence-corrected chi connectivity index (χ2v) is 23.0. The van der Waals surface area contributed by atoms with Gasteiger partial charge in [0, 0.05) is 12.8 Å². The Kier molecular flexibility index (Phi) is 51.5. The maximum absolute atomic E-state index is 13.5. The van der Waals surface area contributed by atoms with Crippen molar-refractivity contribution in [1.29, 1.82) is 0 Å². The standard InChI is InChI=1S/C64H115N2O7P/c1-7-10-13-16-19-22-25-28-30-32-33-35-36-38-41-44-47-50-53-56-63(67)65-61(60-72-74(69,70)71-59-58-66(4,5)6)62(55-52-49-46-43-40-27-24-21-18-15-12-9-3)73-64(68)57-54-51-48-45-42-39-37-34-31-29-26-23-20-17-14-11-8-2/h19-20,22-23,28-31,33,35,38,41,52,55,61-62H,7-18,21,24-27,32,34,36-37,39-40,42-51,53-54,56-60H2,1-6H3,(H-,65,67,69,70)/p+1/b22-19-,23-20-,30-28-,31-29-,35-33-,41-38-,55-52+. The fourth-order valence-electron chi connectivity index (χ4n) is 8.31. The predicted molar refractivity (Wildman–Crippen MR) is 318 cm³/mol. The van der Waals surface area contributed by atoms with Gasteiger partial charge in [0.05, 0.1) is 33.8 Å². The third-order valence-corrected chi connectivity index (χ3v) is 14.0. The number of ether oxygens (including phenoxy) is 1. The first-order valence-electron chi connectivity index (χ1n) is 30.4. The molecule has 0 aliphatic carbocycles. The van der Waals surface area contributed by atoms with Crippen LogP contribution in [0.25, 0.3) is 0 Å². The molecule has 0 rings (SSSR count). The summed E-state index contributed by atoms with van der Waals surface area (Å²) < 4.78 is 30.6. The van der Waals surface area contributed by atoms with Gasteiger partial charge in [-0.3, -0.25) is 18.6 Å². The van der Waals surface area contributed by atoms with Crippen molar-refractivity contribution in [2.45, 2.75) is 270 Å². The molecule has 0 saturated heterocycles.